The highest BCUT2D eigenvalue weighted by Crippen LogP contribution is 2.43. The summed E-state index contributed by atoms with van der Waals surface area (Å²) < 4.78 is 8.84. The van der Waals surface area contributed by atoms with Gasteiger partial charge in [-0.1, -0.05) is 18.5 Å². The molecule has 2 fully saturated rings. The number of nitrogens with zero attached hydrogens (tertiary/aromatic N) is 6. The number of aryl methyl sites for hydroxylation is 1. The zero-order chi connectivity index (χ0) is 22.7. The van der Waals surface area contributed by atoms with E-state index in [0.717, 1.165) is 64.8 Å². The van der Waals surface area contributed by atoms with Crippen LogP contribution in [0.2, 0.25) is 5.02 Å². The zero-order valence-corrected chi connectivity index (χ0v) is 20.7. The van der Waals surface area contributed by atoms with Crippen molar-refractivity contribution >= 4 is 50.1 Å². The van der Waals surface area contributed by atoms with E-state index in [9.17, 15) is 0 Å². The molecule has 0 saturated carbocycles. The normalized spacial score (nSPS) is 23.1. The fraction of sp³-hybridized carbons (Fsp3) is 0.500. The second kappa shape index (κ2) is 7.89. The molecule has 172 valence electrons. The highest BCUT2D eigenvalue weighted by Gasteiger charge is 2.41. The van der Waals surface area contributed by atoms with E-state index in [1.54, 1.807) is 22.2 Å². The van der Waals surface area contributed by atoms with E-state index in [1.165, 1.54) is 6.42 Å². The van der Waals surface area contributed by atoms with E-state index in [4.69, 9.17) is 26.3 Å². The molecule has 2 saturated heterocycles. The summed E-state index contributed by atoms with van der Waals surface area (Å²) in [6.07, 6.45) is 7.52. The summed E-state index contributed by atoms with van der Waals surface area (Å²) in [4.78, 5) is 16.5. The molecule has 9 heteroatoms. The summed E-state index contributed by atoms with van der Waals surface area (Å²) in [6, 6.07) is 3.93. The van der Waals surface area contributed by atoms with Crippen LogP contribution in [0, 0.1) is 18.3 Å². The predicted octanol–water partition coefficient (Wildman–Crippen LogP) is 5.42. The van der Waals surface area contributed by atoms with Crippen molar-refractivity contribution in [1.29, 1.82) is 0 Å². The van der Waals surface area contributed by atoms with E-state index >= 15 is 0 Å². The van der Waals surface area contributed by atoms with E-state index in [1.807, 2.05) is 25.3 Å². The fourth-order valence-corrected chi connectivity index (χ4v) is 6.50. The molecule has 1 aromatic carbocycles. The van der Waals surface area contributed by atoms with Crippen molar-refractivity contribution in [3.63, 3.8) is 0 Å². The predicted molar refractivity (Wildman–Crippen MR) is 133 cm³/mol. The van der Waals surface area contributed by atoms with E-state index < -0.39 is 0 Å². The number of anilines is 1. The molecule has 2 aliphatic heterocycles. The smallest absolute Gasteiger partial charge is 0.181 e. The first-order valence-electron chi connectivity index (χ1n) is 11.6. The topological polar surface area (TPSA) is 69.0 Å². The molecule has 0 N–H and O–H groups in total. The molecule has 1 spiro atoms. The van der Waals surface area contributed by atoms with Gasteiger partial charge in [0.15, 0.2) is 5.65 Å². The summed E-state index contributed by atoms with van der Waals surface area (Å²) >= 11 is 8.32. The maximum Gasteiger partial charge on any atom is 0.181 e. The van der Waals surface area contributed by atoms with Crippen LogP contribution in [0.5, 0.6) is 0 Å². The summed E-state index contributed by atoms with van der Waals surface area (Å²) in [5, 5.41) is 6.20. The van der Waals surface area contributed by atoms with Gasteiger partial charge in [0, 0.05) is 13.1 Å². The molecular formula is C24H27ClN6OS. The molecule has 1 unspecified atom stereocenters. The van der Waals surface area contributed by atoms with Gasteiger partial charge in [-0.25, -0.2) is 19.6 Å². The lowest BCUT2D eigenvalue weighted by atomic mass is 9.70. The molecule has 7 nitrogen and oxygen atoms in total. The van der Waals surface area contributed by atoms with Crippen LogP contribution in [0.4, 0.5) is 5.82 Å². The minimum atomic E-state index is 0.315. The average molecular weight is 483 g/mol. The molecule has 5 heterocycles. The lowest BCUT2D eigenvalue weighted by Gasteiger charge is -2.47. The van der Waals surface area contributed by atoms with Crippen molar-refractivity contribution in [3.05, 3.63) is 34.6 Å². The minimum Gasteiger partial charge on any atom is -0.378 e. The van der Waals surface area contributed by atoms with Crippen molar-refractivity contribution in [2.75, 3.05) is 24.6 Å². The highest BCUT2D eigenvalue weighted by molar-refractivity contribution is 7.19. The Kier molecular flexibility index (Phi) is 5.08. The Morgan fingerprint density at radius 3 is 2.73 bits per heavy atom. The maximum absolute atomic E-state index is 6.73. The molecule has 0 amide bonds. The highest BCUT2D eigenvalue weighted by atomic mass is 35.5. The number of hydrogen-bond donors (Lipinski definition) is 0. The van der Waals surface area contributed by atoms with Crippen LogP contribution in [-0.2, 0) is 4.74 Å². The summed E-state index contributed by atoms with van der Waals surface area (Å²) in [5.74, 6) is 1.53. The first-order valence-corrected chi connectivity index (χ1v) is 12.8. The second-order valence-electron chi connectivity index (χ2n) is 9.66. The number of halogens is 1. The number of piperidine rings is 1. The number of thiazole rings is 1. The van der Waals surface area contributed by atoms with Gasteiger partial charge < -0.3 is 9.64 Å². The van der Waals surface area contributed by atoms with Gasteiger partial charge in [-0.3, -0.25) is 0 Å². The second-order valence-corrected chi connectivity index (χ2v) is 11.2. The van der Waals surface area contributed by atoms with Crippen LogP contribution >= 0.6 is 22.9 Å². The molecule has 6 rings (SSSR count). The Hall–Kier alpha value is -2.29. The van der Waals surface area contributed by atoms with Gasteiger partial charge in [-0.15, -0.1) is 11.3 Å². The number of ether oxygens (including phenoxy) is 1. The largest absolute Gasteiger partial charge is 0.378 e. The van der Waals surface area contributed by atoms with Crippen LogP contribution in [-0.4, -0.2) is 50.5 Å². The number of rotatable bonds is 2. The summed E-state index contributed by atoms with van der Waals surface area (Å²) in [7, 11) is 0. The van der Waals surface area contributed by atoms with Crippen molar-refractivity contribution in [2.24, 2.45) is 11.3 Å². The molecule has 3 aromatic heterocycles. The third kappa shape index (κ3) is 3.59. The maximum atomic E-state index is 6.73. The number of benzene rings is 1. The van der Waals surface area contributed by atoms with Gasteiger partial charge >= 0.3 is 0 Å². The molecule has 4 aromatic rings. The van der Waals surface area contributed by atoms with Crippen molar-refractivity contribution in [1.82, 2.24) is 24.7 Å². The average Bonchev–Trinajstić information content (AvgIpc) is 3.40. The van der Waals surface area contributed by atoms with Crippen molar-refractivity contribution in [3.8, 4) is 5.69 Å². The van der Waals surface area contributed by atoms with Gasteiger partial charge in [0.2, 0.25) is 0 Å². The molecule has 0 bridgehead atoms. The van der Waals surface area contributed by atoms with Crippen LogP contribution < -0.4 is 4.90 Å². The summed E-state index contributed by atoms with van der Waals surface area (Å²) in [5.41, 5.74) is 3.50. The Labute approximate surface area is 201 Å². The first-order chi connectivity index (χ1) is 15.9. The quantitative estimate of drug-likeness (QED) is 0.380. The number of aromatic nitrogens is 5. The van der Waals surface area contributed by atoms with Crippen LogP contribution in [0.1, 0.15) is 38.1 Å². The minimum absolute atomic E-state index is 0.315. The summed E-state index contributed by atoms with van der Waals surface area (Å²) in [6.45, 7) is 9.34. The third-order valence-corrected chi connectivity index (χ3v) is 8.93. The molecule has 0 radical (unpaired) electrons. The van der Waals surface area contributed by atoms with Crippen LogP contribution in [0.25, 0.3) is 27.1 Å². The lowest BCUT2D eigenvalue weighted by Crippen LogP contribution is -2.48. The third-order valence-electron chi connectivity index (χ3n) is 7.43. The Bertz CT molecular complexity index is 1340. The number of fused-ring (bicyclic) bond motifs is 2. The van der Waals surface area contributed by atoms with E-state index in [2.05, 4.69) is 28.8 Å². The standard InChI is InChI=1S/C24H27ClN6OS/c1-14-10-24(13-32-15(14)2)6-8-30(9-7-24)20-12-26-23-18(29-20)11-27-31(23)19-5-4-17-22(21(19)25)33-16(3)28-17/h4-5,11-12,14-15H,6-10,13H2,1-3H3/t14?,15-/m0/s1. The van der Waals surface area contributed by atoms with Crippen molar-refractivity contribution < 1.29 is 4.74 Å². The molecule has 2 atom stereocenters. The van der Waals surface area contributed by atoms with E-state index in [0.29, 0.717) is 28.1 Å². The monoisotopic (exact) mass is 482 g/mol. The Morgan fingerprint density at radius 2 is 1.94 bits per heavy atom. The fourth-order valence-electron chi connectivity index (χ4n) is 5.30. The van der Waals surface area contributed by atoms with Crippen molar-refractivity contribution in [2.45, 2.75) is 46.1 Å². The van der Waals surface area contributed by atoms with Gasteiger partial charge in [-0.2, -0.15) is 5.10 Å². The van der Waals surface area contributed by atoms with Crippen LogP contribution in [0.3, 0.4) is 0 Å². The lowest BCUT2D eigenvalue weighted by molar-refractivity contribution is -0.0945. The Morgan fingerprint density at radius 1 is 1.12 bits per heavy atom. The van der Waals surface area contributed by atoms with Gasteiger partial charge in [0.1, 0.15) is 11.3 Å². The number of hydrogen-bond acceptors (Lipinski definition) is 7. The van der Waals surface area contributed by atoms with Crippen LogP contribution in [0.15, 0.2) is 24.5 Å². The SMILES string of the molecule is Cc1nc2ccc(-n3ncc4nc(N5CCC6(CC5)CO[C@@H](C)C(C)C6)cnc43)c(Cl)c2s1. The van der Waals surface area contributed by atoms with Gasteiger partial charge in [0.05, 0.1) is 51.0 Å². The van der Waals surface area contributed by atoms with Gasteiger partial charge in [-0.05, 0) is 56.6 Å². The molecule has 33 heavy (non-hydrogen) atoms. The molecule has 0 aliphatic carbocycles. The van der Waals surface area contributed by atoms with Gasteiger partial charge in [0.25, 0.3) is 0 Å². The molecular weight excluding hydrogens is 456 g/mol. The molecule has 2 aliphatic rings. The van der Waals surface area contributed by atoms with E-state index in [-0.39, 0.29) is 0 Å². The first kappa shape index (κ1) is 21.3. The zero-order valence-electron chi connectivity index (χ0n) is 19.1. The Balaban J connectivity index is 1.26.